The zero-order chi connectivity index (χ0) is 10.8. The van der Waals surface area contributed by atoms with Gasteiger partial charge in [-0.2, -0.15) is 0 Å². The third kappa shape index (κ3) is 2.75. The van der Waals surface area contributed by atoms with E-state index in [0.717, 1.165) is 28.1 Å². The van der Waals surface area contributed by atoms with E-state index >= 15 is 0 Å². The quantitative estimate of drug-likeness (QED) is 0.927. The SMILES string of the molecule is CC(O)c1ccc(Br)cc1SC1COC1. The van der Waals surface area contributed by atoms with Crippen molar-refractivity contribution in [1.82, 2.24) is 0 Å². The Labute approximate surface area is 102 Å². The number of thioether (sulfide) groups is 1. The smallest absolute Gasteiger partial charge is 0.0772 e. The highest BCUT2D eigenvalue weighted by molar-refractivity contribution is 9.10. The Morgan fingerprint density at radius 3 is 2.80 bits per heavy atom. The van der Waals surface area contributed by atoms with Gasteiger partial charge in [-0.3, -0.25) is 0 Å². The molecule has 0 aliphatic carbocycles. The molecule has 2 rings (SSSR count). The summed E-state index contributed by atoms with van der Waals surface area (Å²) in [6.45, 7) is 3.43. The van der Waals surface area contributed by atoms with Gasteiger partial charge >= 0.3 is 0 Å². The number of rotatable bonds is 3. The fraction of sp³-hybridized carbons (Fsp3) is 0.455. The van der Waals surface area contributed by atoms with Crippen molar-refractivity contribution in [3.05, 3.63) is 28.2 Å². The van der Waals surface area contributed by atoms with Gasteiger partial charge in [0.2, 0.25) is 0 Å². The third-order valence-electron chi connectivity index (χ3n) is 2.33. The van der Waals surface area contributed by atoms with Crippen molar-refractivity contribution < 1.29 is 9.84 Å². The summed E-state index contributed by atoms with van der Waals surface area (Å²) < 4.78 is 6.19. The highest BCUT2D eigenvalue weighted by atomic mass is 79.9. The van der Waals surface area contributed by atoms with E-state index in [4.69, 9.17) is 4.74 Å². The van der Waals surface area contributed by atoms with Crippen molar-refractivity contribution in [1.29, 1.82) is 0 Å². The van der Waals surface area contributed by atoms with Gasteiger partial charge in [-0.1, -0.05) is 22.0 Å². The van der Waals surface area contributed by atoms with Crippen LogP contribution < -0.4 is 0 Å². The lowest BCUT2D eigenvalue weighted by molar-refractivity contribution is 0.0455. The second-order valence-corrected chi connectivity index (χ2v) is 5.89. The van der Waals surface area contributed by atoms with Crippen LogP contribution in [0.4, 0.5) is 0 Å². The number of aliphatic hydroxyl groups is 1. The Morgan fingerprint density at radius 1 is 1.53 bits per heavy atom. The minimum absolute atomic E-state index is 0.415. The predicted octanol–water partition coefficient (Wildman–Crippen LogP) is 2.99. The summed E-state index contributed by atoms with van der Waals surface area (Å²) in [6, 6.07) is 5.99. The van der Waals surface area contributed by atoms with Gasteiger partial charge < -0.3 is 9.84 Å². The lowest BCUT2D eigenvalue weighted by atomic mass is 10.1. The topological polar surface area (TPSA) is 29.5 Å². The van der Waals surface area contributed by atoms with Crippen LogP contribution in [0.3, 0.4) is 0 Å². The highest BCUT2D eigenvalue weighted by Gasteiger charge is 2.21. The lowest BCUT2D eigenvalue weighted by Crippen LogP contribution is -2.30. The van der Waals surface area contributed by atoms with Gasteiger partial charge in [-0.25, -0.2) is 0 Å². The average Bonchev–Trinajstić information content (AvgIpc) is 2.11. The van der Waals surface area contributed by atoms with Crippen molar-refractivity contribution in [2.24, 2.45) is 0 Å². The van der Waals surface area contributed by atoms with Crippen LogP contribution in [0, 0.1) is 0 Å². The van der Waals surface area contributed by atoms with E-state index in [1.165, 1.54) is 0 Å². The minimum atomic E-state index is -0.415. The van der Waals surface area contributed by atoms with E-state index < -0.39 is 6.10 Å². The summed E-state index contributed by atoms with van der Waals surface area (Å²) in [4.78, 5) is 1.15. The van der Waals surface area contributed by atoms with Crippen LogP contribution in [0.2, 0.25) is 0 Å². The summed E-state index contributed by atoms with van der Waals surface area (Å²) in [5.41, 5.74) is 0.995. The van der Waals surface area contributed by atoms with Crippen LogP contribution in [0.5, 0.6) is 0 Å². The largest absolute Gasteiger partial charge is 0.389 e. The molecule has 1 saturated heterocycles. The van der Waals surface area contributed by atoms with Crippen LogP contribution >= 0.6 is 27.7 Å². The standard InChI is InChI=1S/C11H13BrO2S/c1-7(13)10-3-2-8(12)4-11(10)15-9-5-14-6-9/h2-4,7,9,13H,5-6H2,1H3. The van der Waals surface area contributed by atoms with Crippen LogP contribution in [0.15, 0.2) is 27.6 Å². The second-order valence-electron chi connectivity index (χ2n) is 3.64. The molecule has 4 heteroatoms. The molecule has 1 unspecified atom stereocenters. The second kappa shape index (κ2) is 4.87. The zero-order valence-corrected chi connectivity index (χ0v) is 10.8. The summed E-state index contributed by atoms with van der Waals surface area (Å²) >= 11 is 5.23. The number of aliphatic hydroxyl groups excluding tert-OH is 1. The Hall–Kier alpha value is -0.0300. The monoisotopic (exact) mass is 288 g/mol. The summed E-state index contributed by atoms with van der Waals surface area (Å²) in [5.74, 6) is 0. The molecule has 1 aliphatic rings. The first kappa shape index (κ1) is 11.5. The molecule has 1 aromatic rings. The van der Waals surface area contributed by atoms with E-state index in [9.17, 15) is 5.11 Å². The molecular weight excluding hydrogens is 276 g/mol. The molecule has 0 spiro atoms. The lowest BCUT2D eigenvalue weighted by Gasteiger charge is -2.26. The average molecular weight is 289 g/mol. The molecule has 0 radical (unpaired) electrons. The van der Waals surface area contributed by atoms with Crippen LogP contribution in [-0.4, -0.2) is 23.6 Å². The van der Waals surface area contributed by atoms with Gasteiger partial charge in [-0.15, -0.1) is 11.8 Å². The normalized spacial score (nSPS) is 18.6. The highest BCUT2D eigenvalue weighted by Crippen LogP contribution is 2.35. The van der Waals surface area contributed by atoms with Gasteiger partial charge in [0.05, 0.1) is 24.6 Å². The van der Waals surface area contributed by atoms with E-state index in [1.807, 2.05) is 12.1 Å². The molecule has 0 amide bonds. The maximum Gasteiger partial charge on any atom is 0.0772 e. The summed E-state index contributed by atoms with van der Waals surface area (Å²) in [5, 5.41) is 10.2. The van der Waals surface area contributed by atoms with Gasteiger partial charge in [0.1, 0.15) is 0 Å². The summed E-state index contributed by atoms with van der Waals surface area (Å²) in [7, 11) is 0. The molecule has 2 nitrogen and oxygen atoms in total. The molecule has 1 heterocycles. The fourth-order valence-corrected chi connectivity index (χ4v) is 3.19. The van der Waals surface area contributed by atoms with Gasteiger partial charge in [0, 0.05) is 9.37 Å². The Balaban J connectivity index is 2.21. The molecule has 1 aromatic carbocycles. The number of ether oxygens (including phenoxy) is 1. The van der Waals surface area contributed by atoms with Crippen LogP contribution in [0.25, 0.3) is 0 Å². The molecule has 0 bridgehead atoms. The molecule has 1 N–H and O–H groups in total. The van der Waals surface area contributed by atoms with Gasteiger partial charge in [0.25, 0.3) is 0 Å². The van der Waals surface area contributed by atoms with Crippen LogP contribution in [-0.2, 0) is 4.74 Å². The Morgan fingerprint density at radius 2 is 2.27 bits per heavy atom. The predicted molar refractivity (Wildman–Crippen MR) is 65.2 cm³/mol. The maximum atomic E-state index is 9.64. The van der Waals surface area contributed by atoms with Gasteiger partial charge in [0.15, 0.2) is 0 Å². The number of benzene rings is 1. The fourth-order valence-electron chi connectivity index (χ4n) is 1.42. The zero-order valence-electron chi connectivity index (χ0n) is 8.44. The number of hydrogen-bond acceptors (Lipinski definition) is 3. The molecule has 0 saturated carbocycles. The third-order valence-corrected chi connectivity index (χ3v) is 4.03. The van der Waals surface area contributed by atoms with E-state index in [0.29, 0.717) is 5.25 Å². The number of halogens is 1. The molecule has 0 aromatic heterocycles. The molecular formula is C11H13BrO2S. The summed E-state index contributed by atoms with van der Waals surface area (Å²) in [6.07, 6.45) is -0.415. The molecule has 15 heavy (non-hydrogen) atoms. The van der Waals surface area contributed by atoms with Crippen LogP contribution in [0.1, 0.15) is 18.6 Å². The van der Waals surface area contributed by atoms with Crippen molar-refractivity contribution in [3.63, 3.8) is 0 Å². The van der Waals surface area contributed by atoms with E-state index in [1.54, 1.807) is 18.7 Å². The first-order valence-corrected chi connectivity index (χ1v) is 6.56. The molecule has 1 fully saturated rings. The van der Waals surface area contributed by atoms with E-state index in [-0.39, 0.29) is 0 Å². The molecule has 1 atom stereocenters. The minimum Gasteiger partial charge on any atom is -0.389 e. The molecule has 1 aliphatic heterocycles. The Bertz CT molecular complexity index is 350. The van der Waals surface area contributed by atoms with E-state index in [2.05, 4.69) is 22.0 Å². The van der Waals surface area contributed by atoms with Crippen molar-refractivity contribution in [3.8, 4) is 0 Å². The van der Waals surface area contributed by atoms with Crippen molar-refractivity contribution in [2.75, 3.05) is 13.2 Å². The maximum absolute atomic E-state index is 9.64. The molecule has 82 valence electrons. The first-order valence-electron chi connectivity index (χ1n) is 4.88. The van der Waals surface area contributed by atoms with Gasteiger partial charge in [-0.05, 0) is 24.6 Å². The van der Waals surface area contributed by atoms with Crippen molar-refractivity contribution >= 4 is 27.7 Å². The Kier molecular flexibility index (Phi) is 3.72. The number of hydrogen-bond donors (Lipinski definition) is 1. The van der Waals surface area contributed by atoms with Crippen molar-refractivity contribution in [2.45, 2.75) is 23.2 Å². The first-order chi connectivity index (χ1) is 7.16.